The number of nitriles is 1. The number of hydrogen-bond donors (Lipinski definition) is 0. The maximum Gasteiger partial charge on any atom is 0.0785 e. The smallest absolute Gasteiger partial charge is 0.0785 e. The predicted molar refractivity (Wildman–Crippen MR) is 18.3 cm³/mol. The van der Waals surface area contributed by atoms with Crippen LogP contribution in [0.2, 0.25) is 0 Å². The topological polar surface area (TPSA) is 23.8 Å². The second-order valence-electron chi connectivity index (χ2n) is 0.224. The van der Waals surface area contributed by atoms with E-state index in [1.807, 2.05) is 0 Å². The molecule has 0 aromatic rings. The molecule has 1 nitrogen and oxygen atoms in total. The second kappa shape index (κ2) is 114. The van der Waals surface area contributed by atoms with Crippen molar-refractivity contribution in [2.75, 3.05) is 7.18 Å². The first kappa shape index (κ1) is 8.83. The molecular formula is C3H6FN. The molecule has 0 fully saturated rings. The Bertz CT molecular complexity index is 28.4. The molecule has 0 unspecified atom stereocenters. The number of hydrogen-bond acceptors (Lipinski definition) is 1. The monoisotopic (exact) mass is 75.0 g/mol. The van der Waals surface area contributed by atoms with Crippen LogP contribution >= 0.6 is 0 Å². The lowest BCUT2D eigenvalue weighted by Gasteiger charge is -1.15. The van der Waals surface area contributed by atoms with E-state index in [0.717, 1.165) is 0 Å². The summed E-state index contributed by atoms with van der Waals surface area (Å²) in [6.07, 6.45) is 0. The predicted octanol–water partition coefficient (Wildman–Crippen LogP) is 1.12. The van der Waals surface area contributed by atoms with Gasteiger partial charge in [0.25, 0.3) is 0 Å². The molecule has 0 atom stereocenters. The second-order valence-corrected chi connectivity index (χ2v) is 0.224. The first-order valence-electron chi connectivity index (χ1n) is 1.10. The summed E-state index contributed by atoms with van der Waals surface area (Å²) in [4.78, 5) is 0. The molecule has 0 saturated carbocycles. The van der Waals surface area contributed by atoms with E-state index in [9.17, 15) is 4.39 Å². The third kappa shape index (κ3) is 20.5. The lowest BCUT2D eigenvalue weighted by Crippen LogP contribution is -1.10. The van der Waals surface area contributed by atoms with E-state index in [-0.39, 0.29) is 0 Å². The van der Waals surface area contributed by atoms with Crippen molar-refractivity contribution in [1.29, 1.82) is 5.26 Å². The summed E-state index contributed by atoms with van der Waals surface area (Å²) in [6.45, 7) is 1.43. The van der Waals surface area contributed by atoms with E-state index >= 15 is 0 Å². The summed E-state index contributed by atoms with van der Waals surface area (Å²) in [7, 11) is 0.500. The number of rotatable bonds is 0. The van der Waals surface area contributed by atoms with Crippen molar-refractivity contribution < 1.29 is 4.39 Å². The molecule has 0 aromatic heterocycles. The Hall–Kier alpha value is -0.580. The van der Waals surface area contributed by atoms with Crippen LogP contribution in [0.4, 0.5) is 4.39 Å². The average Bonchev–Trinajstić information content (AvgIpc) is 1.46. The fraction of sp³-hybridized carbons (Fsp3) is 0.667. The third-order valence-corrected chi connectivity index (χ3v) is 0. The molecule has 0 aliphatic rings. The minimum Gasteiger partial charge on any atom is -0.255 e. The highest BCUT2D eigenvalue weighted by Gasteiger charge is 1.17. The molecule has 0 aliphatic carbocycles. The van der Waals surface area contributed by atoms with Gasteiger partial charge < -0.3 is 0 Å². The Morgan fingerprint density at radius 2 is 1.60 bits per heavy atom. The van der Waals surface area contributed by atoms with Crippen LogP contribution in [0.3, 0.4) is 0 Å². The van der Waals surface area contributed by atoms with Gasteiger partial charge in [-0.3, -0.25) is 4.39 Å². The molecule has 2 heteroatoms. The largest absolute Gasteiger partial charge is 0.255 e. The van der Waals surface area contributed by atoms with Gasteiger partial charge in [0.15, 0.2) is 0 Å². The van der Waals surface area contributed by atoms with E-state index < -0.39 is 0 Å². The van der Waals surface area contributed by atoms with Crippen molar-refractivity contribution in [2.24, 2.45) is 0 Å². The zero-order valence-corrected chi connectivity index (χ0v) is 3.33. The highest BCUT2D eigenvalue weighted by atomic mass is 19.1. The molecule has 0 N–H and O–H groups in total. The standard InChI is InChI=1S/C2H3N.CH3F/c1-2-3;1-2/h1H3;1H3. The quantitative estimate of drug-likeness (QED) is 0.423. The Kier molecular flexibility index (Phi) is 200. The maximum atomic E-state index is 9.50. The molecular weight excluding hydrogens is 69.0 g/mol. The molecule has 30 valence electrons. The summed E-state index contributed by atoms with van der Waals surface area (Å²) < 4.78 is 9.50. The molecule has 0 amide bonds. The van der Waals surface area contributed by atoms with Gasteiger partial charge in [-0.05, 0) is 0 Å². The lowest BCUT2D eigenvalue weighted by molar-refractivity contribution is 0.636. The van der Waals surface area contributed by atoms with Gasteiger partial charge in [-0.25, -0.2) is 0 Å². The number of nitrogens with zero attached hydrogens (tertiary/aromatic N) is 1. The van der Waals surface area contributed by atoms with Crippen molar-refractivity contribution in [3.8, 4) is 6.07 Å². The van der Waals surface area contributed by atoms with E-state index in [0.29, 0.717) is 7.18 Å². The van der Waals surface area contributed by atoms with Crippen LogP contribution in [0.1, 0.15) is 6.92 Å². The van der Waals surface area contributed by atoms with Crippen molar-refractivity contribution in [3.05, 3.63) is 0 Å². The van der Waals surface area contributed by atoms with Crippen LogP contribution < -0.4 is 0 Å². The molecule has 0 spiro atoms. The zero-order valence-electron chi connectivity index (χ0n) is 3.33. The van der Waals surface area contributed by atoms with Gasteiger partial charge in [-0.1, -0.05) is 0 Å². The molecule has 5 heavy (non-hydrogen) atoms. The van der Waals surface area contributed by atoms with Crippen molar-refractivity contribution in [3.63, 3.8) is 0 Å². The summed E-state index contributed by atoms with van der Waals surface area (Å²) in [5, 5.41) is 7.32. The third-order valence-electron chi connectivity index (χ3n) is 0. The highest BCUT2D eigenvalue weighted by Crippen LogP contribution is 1.21. The van der Waals surface area contributed by atoms with Gasteiger partial charge in [0, 0.05) is 6.92 Å². The fourth-order valence-corrected chi connectivity index (χ4v) is 0. The summed E-state index contributed by atoms with van der Waals surface area (Å²) in [5.41, 5.74) is 0. The Labute approximate surface area is 31.0 Å². The molecule has 0 bridgehead atoms. The van der Waals surface area contributed by atoms with Crippen LogP contribution in [0.15, 0.2) is 0 Å². The Morgan fingerprint density at radius 1 is 1.60 bits per heavy atom. The normalized spacial score (nSPS) is 2.80. The molecule has 0 rings (SSSR count). The van der Waals surface area contributed by atoms with Gasteiger partial charge in [-0.15, -0.1) is 0 Å². The molecule has 0 aliphatic heterocycles. The van der Waals surface area contributed by atoms with Gasteiger partial charge in [-0.2, -0.15) is 5.26 Å². The first-order chi connectivity index (χ1) is 2.41. The lowest BCUT2D eigenvalue weighted by atomic mass is 11.0. The van der Waals surface area contributed by atoms with Gasteiger partial charge in [0.2, 0.25) is 0 Å². The van der Waals surface area contributed by atoms with Gasteiger partial charge in [0.1, 0.15) is 0 Å². The summed E-state index contributed by atoms with van der Waals surface area (Å²) >= 11 is 0. The minimum atomic E-state index is 0.500. The summed E-state index contributed by atoms with van der Waals surface area (Å²) in [6, 6.07) is 1.75. The van der Waals surface area contributed by atoms with Gasteiger partial charge >= 0.3 is 0 Å². The van der Waals surface area contributed by atoms with Crippen LogP contribution in [0, 0.1) is 11.3 Å². The molecule has 0 saturated heterocycles. The molecule has 0 radical (unpaired) electrons. The first-order valence-corrected chi connectivity index (χ1v) is 1.10. The Morgan fingerprint density at radius 3 is 1.60 bits per heavy atom. The molecule has 0 heterocycles. The van der Waals surface area contributed by atoms with Crippen molar-refractivity contribution in [1.82, 2.24) is 0 Å². The van der Waals surface area contributed by atoms with E-state index in [2.05, 4.69) is 0 Å². The average molecular weight is 75.1 g/mol. The Balaban J connectivity index is 0. The highest BCUT2D eigenvalue weighted by molar-refractivity contribution is 4.51. The van der Waals surface area contributed by atoms with Crippen molar-refractivity contribution in [2.45, 2.75) is 6.92 Å². The number of halogens is 1. The molecule has 0 aromatic carbocycles. The van der Waals surface area contributed by atoms with Crippen LogP contribution in [0.5, 0.6) is 0 Å². The SMILES string of the molecule is CC#N.CF. The van der Waals surface area contributed by atoms with E-state index in [1.165, 1.54) is 6.92 Å². The maximum absolute atomic E-state index is 9.50. The van der Waals surface area contributed by atoms with Crippen molar-refractivity contribution >= 4 is 0 Å². The van der Waals surface area contributed by atoms with E-state index in [4.69, 9.17) is 5.26 Å². The van der Waals surface area contributed by atoms with Crippen LogP contribution in [0.25, 0.3) is 0 Å². The zero-order chi connectivity index (χ0) is 4.71. The fourth-order valence-electron chi connectivity index (χ4n) is 0. The van der Waals surface area contributed by atoms with Gasteiger partial charge in [0.05, 0.1) is 13.2 Å². The van der Waals surface area contributed by atoms with E-state index in [1.54, 1.807) is 6.07 Å². The number of alkyl halides is 1. The minimum absolute atomic E-state index is 0.500. The summed E-state index contributed by atoms with van der Waals surface area (Å²) in [5.74, 6) is 0. The van der Waals surface area contributed by atoms with Crippen LogP contribution in [-0.2, 0) is 0 Å². The van der Waals surface area contributed by atoms with Crippen LogP contribution in [-0.4, -0.2) is 7.18 Å².